The first-order valence-electron chi connectivity index (χ1n) is 3.43. The molecule has 0 saturated heterocycles. The fourth-order valence-corrected chi connectivity index (χ4v) is 2.32. The van der Waals surface area contributed by atoms with E-state index in [1.54, 1.807) is 6.07 Å². The normalized spacial score (nSPS) is 19.9. The number of cyclic esters (lactones) is 1. The minimum absolute atomic E-state index is 0.328. The van der Waals surface area contributed by atoms with Gasteiger partial charge in [0.25, 0.3) is 0 Å². The number of ether oxygens (including phenoxy) is 1. The third kappa shape index (κ3) is 1.45. The van der Waals surface area contributed by atoms with Crippen LogP contribution < -0.4 is 0 Å². The molecule has 0 aromatic heterocycles. The lowest BCUT2D eigenvalue weighted by Crippen LogP contribution is -1.94. The summed E-state index contributed by atoms with van der Waals surface area (Å²) in [6.45, 7) is 0. The van der Waals surface area contributed by atoms with Crippen LogP contribution in [-0.2, 0) is 4.74 Å². The van der Waals surface area contributed by atoms with E-state index in [0.717, 1.165) is 0 Å². The number of rotatable bonds is 0. The van der Waals surface area contributed by atoms with Gasteiger partial charge >= 0.3 is 5.97 Å². The minimum Gasteiger partial charge on any atom is -0.442 e. The molecule has 2 nitrogen and oxygen atoms in total. The monoisotopic (exact) mass is 280 g/mol. The Morgan fingerprint density at radius 3 is 2.77 bits per heavy atom. The number of carbonyl (C=O) groups is 1. The van der Waals surface area contributed by atoms with Crippen LogP contribution >= 0.6 is 39.1 Å². The molecule has 1 unspecified atom stereocenters. The van der Waals surface area contributed by atoms with Crippen LogP contribution in [0.5, 0.6) is 0 Å². The fraction of sp³-hybridized carbons (Fsp3) is 0.125. The van der Waals surface area contributed by atoms with Gasteiger partial charge in [-0.3, -0.25) is 0 Å². The second-order valence-corrected chi connectivity index (χ2v) is 4.25. The van der Waals surface area contributed by atoms with E-state index in [9.17, 15) is 4.79 Å². The highest BCUT2D eigenvalue weighted by molar-refractivity contribution is 9.09. The largest absolute Gasteiger partial charge is 0.442 e. The number of esters is 1. The Kier molecular flexibility index (Phi) is 2.26. The molecule has 1 aromatic carbocycles. The van der Waals surface area contributed by atoms with Crippen molar-refractivity contribution in [1.82, 2.24) is 0 Å². The van der Waals surface area contributed by atoms with Crippen LogP contribution in [-0.4, -0.2) is 5.97 Å². The fourth-order valence-electron chi connectivity index (χ4n) is 1.20. The molecule has 13 heavy (non-hydrogen) atoms. The summed E-state index contributed by atoms with van der Waals surface area (Å²) in [6.07, 6.45) is 0. The molecule has 0 bridgehead atoms. The van der Waals surface area contributed by atoms with Gasteiger partial charge in [0, 0.05) is 10.6 Å². The predicted molar refractivity (Wildman–Crippen MR) is 53.5 cm³/mol. The molecule has 0 spiro atoms. The molecule has 1 heterocycles. The van der Waals surface area contributed by atoms with E-state index in [1.807, 2.05) is 0 Å². The summed E-state index contributed by atoms with van der Waals surface area (Å²) in [4.78, 5) is 11.2. The number of alkyl halides is 1. The lowest BCUT2D eigenvalue weighted by Gasteiger charge is -2.00. The highest BCUT2D eigenvalue weighted by Crippen LogP contribution is 2.40. The predicted octanol–water partition coefficient (Wildman–Crippen LogP) is 3.56. The van der Waals surface area contributed by atoms with Crippen LogP contribution in [0.4, 0.5) is 0 Å². The van der Waals surface area contributed by atoms with E-state index in [0.29, 0.717) is 21.2 Å². The number of halogens is 3. The molecule has 1 aromatic rings. The van der Waals surface area contributed by atoms with Crippen LogP contribution in [0.25, 0.3) is 0 Å². The van der Waals surface area contributed by atoms with Gasteiger partial charge in [-0.2, -0.15) is 0 Å². The summed E-state index contributed by atoms with van der Waals surface area (Å²) in [6, 6.07) is 3.18. The van der Waals surface area contributed by atoms with Gasteiger partial charge in [-0.15, -0.1) is 0 Å². The number of fused-ring (bicyclic) bond motifs is 1. The SMILES string of the molecule is O=C1OC(Br)c2cc(Cl)cc(Cl)c21. The van der Waals surface area contributed by atoms with Crippen molar-refractivity contribution in [2.75, 3.05) is 0 Å². The lowest BCUT2D eigenvalue weighted by molar-refractivity contribution is 0.0530. The van der Waals surface area contributed by atoms with Crippen molar-refractivity contribution in [3.63, 3.8) is 0 Å². The molecule has 68 valence electrons. The molecule has 5 heteroatoms. The molecule has 2 rings (SSSR count). The van der Waals surface area contributed by atoms with Gasteiger partial charge < -0.3 is 4.74 Å². The molecule has 0 aliphatic carbocycles. The maximum Gasteiger partial charge on any atom is 0.341 e. The summed E-state index contributed by atoms with van der Waals surface area (Å²) in [5.41, 5.74) is 1.08. The molecular weight excluding hydrogens is 279 g/mol. The summed E-state index contributed by atoms with van der Waals surface area (Å²) in [7, 11) is 0. The van der Waals surface area contributed by atoms with E-state index in [-0.39, 0.29) is 0 Å². The van der Waals surface area contributed by atoms with Crippen LogP contribution in [0.2, 0.25) is 10.0 Å². The highest BCUT2D eigenvalue weighted by atomic mass is 79.9. The third-order valence-electron chi connectivity index (χ3n) is 1.74. The molecule has 1 aliphatic heterocycles. The van der Waals surface area contributed by atoms with Crippen molar-refractivity contribution in [2.45, 2.75) is 5.01 Å². The zero-order chi connectivity index (χ0) is 9.59. The second-order valence-electron chi connectivity index (χ2n) is 2.57. The maximum absolute atomic E-state index is 11.2. The Morgan fingerprint density at radius 2 is 2.08 bits per heavy atom. The van der Waals surface area contributed by atoms with Gasteiger partial charge in [0.05, 0.1) is 10.6 Å². The van der Waals surface area contributed by atoms with Crippen molar-refractivity contribution in [1.29, 1.82) is 0 Å². The molecule has 1 atom stereocenters. The van der Waals surface area contributed by atoms with Crippen LogP contribution in [0, 0.1) is 0 Å². The Balaban J connectivity index is 2.69. The molecule has 0 N–H and O–H groups in total. The van der Waals surface area contributed by atoms with E-state index in [2.05, 4.69) is 15.9 Å². The van der Waals surface area contributed by atoms with E-state index >= 15 is 0 Å². The quantitative estimate of drug-likeness (QED) is 0.537. The average molecular weight is 282 g/mol. The number of hydrogen-bond donors (Lipinski definition) is 0. The van der Waals surface area contributed by atoms with Crippen molar-refractivity contribution >= 4 is 45.1 Å². The highest BCUT2D eigenvalue weighted by Gasteiger charge is 2.31. The van der Waals surface area contributed by atoms with Crippen molar-refractivity contribution < 1.29 is 9.53 Å². The van der Waals surface area contributed by atoms with Gasteiger partial charge in [0.2, 0.25) is 0 Å². The van der Waals surface area contributed by atoms with E-state index in [1.165, 1.54) is 6.07 Å². The van der Waals surface area contributed by atoms with Crippen molar-refractivity contribution in [3.05, 3.63) is 33.3 Å². The second kappa shape index (κ2) is 3.15. The topological polar surface area (TPSA) is 26.3 Å². The van der Waals surface area contributed by atoms with Gasteiger partial charge in [-0.25, -0.2) is 4.79 Å². The van der Waals surface area contributed by atoms with Crippen LogP contribution in [0.15, 0.2) is 12.1 Å². The smallest absolute Gasteiger partial charge is 0.341 e. The van der Waals surface area contributed by atoms with Gasteiger partial charge in [-0.1, -0.05) is 23.2 Å². The molecule has 1 aliphatic rings. The molecule has 0 fully saturated rings. The molecular formula is C8H3BrCl2O2. The van der Waals surface area contributed by atoms with E-state index < -0.39 is 11.0 Å². The average Bonchev–Trinajstić information content (AvgIpc) is 2.27. The third-order valence-corrected chi connectivity index (χ3v) is 2.94. The first kappa shape index (κ1) is 9.31. The lowest BCUT2D eigenvalue weighted by atomic mass is 10.1. The van der Waals surface area contributed by atoms with Gasteiger partial charge in [0.1, 0.15) is 0 Å². The molecule has 0 saturated carbocycles. The summed E-state index contributed by atoms with van der Waals surface area (Å²) >= 11 is 14.8. The molecule has 0 amide bonds. The van der Waals surface area contributed by atoms with Crippen LogP contribution in [0.3, 0.4) is 0 Å². The Hall–Kier alpha value is -0.250. The standard InChI is InChI=1S/C8H3BrCl2O2/c9-7-4-1-3(10)2-5(11)6(4)8(12)13-7/h1-2,7H. The van der Waals surface area contributed by atoms with Crippen molar-refractivity contribution in [3.8, 4) is 0 Å². The zero-order valence-corrected chi connectivity index (χ0v) is 9.28. The summed E-state index contributed by atoms with van der Waals surface area (Å²) < 4.78 is 4.90. The zero-order valence-electron chi connectivity index (χ0n) is 6.18. The summed E-state index contributed by atoms with van der Waals surface area (Å²) in [5, 5.41) is 0.382. The van der Waals surface area contributed by atoms with Gasteiger partial charge in [-0.05, 0) is 28.1 Å². The molecule has 0 radical (unpaired) electrons. The Bertz CT molecular complexity index is 392. The first-order valence-corrected chi connectivity index (χ1v) is 5.11. The first-order chi connectivity index (χ1) is 6.09. The van der Waals surface area contributed by atoms with Gasteiger partial charge in [0.15, 0.2) is 5.01 Å². The Labute approximate surface area is 92.9 Å². The van der Waals surface area contributed by atoms with Crippen LogP contribution in [0.1, 0.15) is 20.9 Å². The van der Waals surface area contributed by atoms with E-state index in [4.69, 9.17) is 27.9 Å². The van der Waals surface area contributed by atoms with Crippen molar-refractivity contribution in [2.24, 2.45) is 0 Å². The minimum atomic E-state index is -0.439. The number of benzene rings is 1. The number of carbonyl (C=O) groups excluding carboxylic acids is 1. The Morgan fingerprint density at radius 1 is 1.38 bits per heavy atom. The maximum atomic E-state index is 11.2. The number of hydrogen-bond acceptors (Lipinski definition) is 2. The summed E-state index contributed by atoms with van der Waals surface area (Å²) in [5.74, 6) is -0.418.